The lowest BCUT2D eigenvalue weighted by atomic mass is 10.00. The van der Waals surface area contributed by atoms with Crippen LogP contribution in [0.3, 0.4) is 0 Å². The van der Waals surface area contributed by atoms with Crippen molar-refractivity contribution >= 4 is 44.7 Å². The summed E-state index contributed by atoms with van der Waals surface area (Å²) in [4.78, 5) is 33.9. The largest absolute Gasteiger partial charge is 0.433 e. The molecule has 6 rings (SSSR count). The molecular formula is C30H19F5N6O2S. The van der Waals surface area contributed by atoms with Crippen molar-refractivity contribution in [3.8, 4) is 22.4 Å². The Labute approximate surface area is 249 Å². The van der Waals surface area contributed by atoms with E-state index in [0.29, 0.717) is 22.5 Å². The van der Waals surface area contributed by atoms with Crippen LogP contribution in [0.5, 0.6) is 0 Å². The van der Waals surface area contributed by atoms with E-state index in [1.54, 1.807) is 61.5 Å². The summed E-state index contributed by atoms with van der Waals surface area (Å²) in [5.74, 6) is -1.93. The molecule has 0 aliphatic heterocycles. The number of rotatable bonds is 6. The third kappa shape index (κ3) is 5.13. The van der Waals surface area contributed by atoms with E-state index in [9.17, 15) is 31.5 Å². The highest BCUT2D eigenvalue weighted by atomic mass is 32.1. The lowest BCUT2D eigenvalue weighted by molar-refractivity contribution is -0.140. The first kappa shape index (κ1) is 28.9. The summed E-state index contributed by atoms with van der Waals surface area (Å²) in [6.45, 7) is 1.81. The summed E-state index contributed by atoms with van der Waals surface area (Å²) >= 11 is 0.587. The third-order valence-electron chi connectivity index (χ3n) is 6.81. The van der Waals surface area contributed by atoms with Crippen LogP contribution in [0.25, 0.3) is 38.2 Å². The SMILES string of the molecule is Cc1ccc(-c2cc(C(F)(F)F)nc3sc(C(N)=O)c(NC(=O)c4cnn5c(C(F)F)cc(-c6ccccc6)nc45)c23)cc1. The molecule has 4 heterocycles. The van der Waals surface area contributed by atoms with E-state index in [0.717, 1.165) is 28.4 Å². The van der Waals surface area contributed by atoms with E-state index < -0.39 is 35.8 Å². The molecular weight excluding hydrogens is 603 g/mol. The number of carbonyl (C=O) groups excluding carboxylic acids is 2. The van der Waals surface area contributed by atoms with Crippen molar-refractivity contribution in [2.24, 2.45) is 5.73 Å². The number of primary amides is 1. The summed E-state index contributed by atoms with van der Waals surface area (Å²) in [5.41, 5.74) is 5.21. The number of nitrogens with one attached hydrogen (secondary N) is 1. The molecule has 222 valence electrons. The number of alkyl halides is 5. The van der Waals surface area contributed by atoms with Crippen molar-refractivity contribution in [2.45, 2.75) is 19.5 Å². The number of carbonyl (C=O) groups is 2. The first-order chi connectivity index (χ1) is 20.9. The zero-order chi connectivity index (χ0) is 31.3. The first-order valence-electron chi connectivity index (χ1n) is 12.9. The Morgan fingerprint density at radius 3 is 2.32 bits per heavy atom. The van der Waals surface area contributed by atoms with E-state index in [4.69, 9.17) is 5.73 Å². The van der Waals surface area contributed by atoms with Crippen LogP contribution >= 0.6 is 11.3 Å². The van der Waals surface area contributed by atoms with Crippen molar-refractivity contribution in [1.29, 1.82) is 0 Å². The average Bonchev–Trinajstić information content (AvgIpc) is 3.58. The maximum absolute atomic E-state index is 14.0. The zero-order valence-electron chi connectivity index (χ0n) is 22.5. The van der Waals surface area contributed by atoms with Gasteiger partial charge >= 0.3 is 6.18 Å². The highest BCUT2D eigenvalue weighted by Crippen LogP contribution is 2.44. The molecule has 4 aromatic heterocycles. The molecule has 8 nitrogen and oxygen atoms in total. The molecule has 2 amide bonds. The van der Waals surface area contributed by atoms with Gasteiger partial charge in [-0.25, -0.2) is 23.3 Å². The summed E-state index contributed by atoms with van der Waals surface area (Å²) in [6, 6.07) is 17.1. The second-order valence-electron chi connectivity index (χ2n) is 9.75. The number of hydrogen-bond donors (Lipinski definition) is 2. The molecule has 0 spiro atoms. The first-order valence-corrected chi connectivity index (χ1v) is 13.7. The van der Waals surface area contributed by atoms with Crippen LogP contribution in [-0.4, -0.2) is 31.4 Å². The Balaban J connectivity index is 1.54. The maximum atomic E-state index is 14.0. The van der Waals surface area contributed by atoms with Crippen LogP contribution in [0.2, 0.25) is 0 Å². The Hall–Kier alpha value is -5.24. The predicted molar refractivity (Wildman–Crippen MR) is 155 cm³/mol. The van der Waals surface area contributed by atoms with Crippen LogP contribution in [0, 0.1) is 6.92 Å². The summed E-state index contributed by atoms with van der Waals surface area (Å²) in [6.07, 6.45) is -6.74. The molecule has 0 bridgehead atoms. The number of amides is 2. The molecule has 14 heteroatoms. The maximum Gasteiger partial charge on any atom is 0.433 e. The summed E-state index contributed by atoms with van der Waals surface area (Å²) < 4.78 is 70.5. The van der Waals surface area contributed by atoms with Crippen LogP contribution in [0.1, 0.15) is 43.4 Å². The third-order valence-corrected chi connectivity index (χ3v) is 7.91. The number of fused-ring (bicyclic) bond motifs is 2. The molecule has 0 radical (unpaired) electrons. The zero-order valence-corrected chi connectivity index (χ0v) is 23.3. The standard InChI is InChI=1S/C30H19F5N6O2S/c1-14-7-9-15(10-8-14)17-11-21(30(33,34)35)39-29-22(17)23(24(44-29)26(36)42)40-28(43)18-13-37-41-20(25(31)32)12-19(38-27(18)41)16-5-3-2-4-6-16/h2-13,25H,1H3,(H2,36,42)(H,40,43). The van der Waals surface area contributed by atoms with Crippen molar-refractivity contribution in [2.75, 3.05) is 5.32 Å². The van der Waals surface area contributed by atoms with E-state index in [2.05, 4.69) is 20.4 Å². The number of nitrogens with two attached hydrogens (primary N) is 1. The fraction of sp³-hybridized carbons (Fsp3) is 0.100. The van der Waals surface area contributed by atoms with Gasteiger partial charge in [-0.05, 0) is 30.2 Å². The lowest BCUT2D eigenvalue weighted by Crippen LogP contribution is -2.17. The smallest absolute Gasteiger partial charge is 0.365 e. The van der Waals surface area contributed by atoms with E-state index >= 15 is 0 Å². The minimum absolute atomic E-state index is 0.0470. The molecule has 0 atom stereocenters. The number of pyridine rings is 1. The second-order valence-corrected chi connectivity index (χ2v) is 10.7. The fourth-order valence-corrected chi connectivity index (χ4v) is 5.74. The Morgan fingerprint density at radius 2 is 1.68 bits per heavy atom. The van der Waals surface area contributed by atoms with Crippen LogP contribution in [0.15, 0.2) is 72.9 Å². The summed E-state index contributed by atoms with van der Waals surface area (Å²) in [5, 5.41) is 6.56. The Bertz CT molecular complexity index is 2070. The minimum atomic E-state index is -4.81. The van der Waals surface area contributed by atoms with Gasteiger partial charge in [-0.3, -0.25) is 9.59 Å². The second kappa shape index (κ2) is 10.8. The monoisotopic (exact) mass is 622 g/mol. The van der Waals surface area contributed by atoms with Gasteiger partial charge in [0.2, 0.25) is 0 Å². The topological polar surface area (TPSA) is 115 Å². The van der Waals surface area contributed by atoms with Gasteiger partial charge in [-0.2, -0.15) is 18.3 Å². The van der Waals surface area contributed by atoms with Crippen LogP contribution < -0.4 is 11.1 Å². The van der Waals surface area contributed by atoms with E-state index in [1.165, 1.54) is 0 Å². The highest BCUT2D eigenvalue weighted by molar-refractivity contribution is 7.21. The molecule has 0 unspecified atom stereocenters. The van der Waals surface area contributed by atoms with Gasteiger partial charge in [0.1, 0.15) is 26.7 Å². The van der Waals surface area contributed by atoms with Gasteiger partial charge in [-0.1, -0.05) is 60.2 Å². The predicted octanol–water partition coefficient (Wildman–Crippen LogP) is 7.29. The average molecular weight is 623 g/mol. The number of halogens is 5. The van der Waals surface area contributed by atoms with Gasteiger partial charge in [0.25, 0.3) is 18.2 Å². The van der Waals surface area contributed by atoms with Crippen molar-refractivity contribution in [3.05, 3.63) is 100 Å². The number of aryl methyl sites for hydroxylation is 1. The lowest BCUT2D eigenvalue weighted by Gasteiger charge is -2.13. The number of nitrogens with zero attached hydrogens (tertiary/aromatic N) is 4. The molecule has 44 heavy (non-hydrogen) atoms. The summed E-state index contributed by atoms with van der Waals surface area (Å²) in [7, 11) is 0. The number of anilines is 1. The highest BCUT2D eigenvalue weighted by Gasteiger charge is 2.35. The quantitative estimate of drug-likeness (QED) is 0.189. The van der Waals surface area contributed by atoms with Gasteiger partial charge in [0.15, 0.2) is 5.65 Å². The molecule has 3 N–H and O–H groups in total. The molecule has 0 aliphatic rings. The molecule has 2 aromatic carbocycles. The minimum Gasteiger partial charge on any atom is -0.365 e. The number of thiophene rings is 1. The van der Waals surface area contributed by atoms with Gasteiger partial charge in [0.05, 0.1) is 17.6 Å². The van der Waals surface area contributed by atoms with Crippen LogP contribution in [-0.2, 0) is 6.18 Å². The van der Waals surface area contributed by atoms with Crippen molar-refractivity contribution in [1.82, 2.24) is 19.6 Å². The van der Waals surface area contributed by atoms with Gasteiger partial charge in [-0.15, -0.1) is 11.3 Å². The molecule has 0 aliphatic carbocycles. The van der Waals surface area contributed by atoms with Gasteiger partial charge in [0, 0.05) is 10.9 Å². The number of benzene rings is 2. The number of aromatic nitrogens is 4. The molecule has 0 fully saturated rings. The molecule has 0 saturated carbocycles. The van der Waals surface area contributed by atoms with E-state index in [1.807, 2.05) is 0 Å². The van der Waals surface area contributed by atoms with Gasteiger partial charge < -0.3 is 11.1 Å². The van der Waals surface area contributed by atoms with Crippen molar-refractivity contribution in [3.63, 3.8) is 0 Å². The molecule has 6 aromatic rings. The fourth-order valence-electron chi connectivity index (χ4n) is 4.74. The Kier molecular flexibility index (Phi) is 7.08. The van der Waals surface area contributed by atoms with E-state index in [-0.39, 0.29) is 43.2 Å². The van der Waals surface area contributed by atoms with Crippen LogP contribution in [0.4, 0.5) is 27.6 Å². The number of hydrogen-bond acceptors (Lipinski definition) is 6. The van der Waals surface area contributed by atoms with Crippen molar-refractivity contribution < 1.29 is 31.5 Å². The molecule has 0 saturated heterocycles. The normalized spacial score (nSPS) is 11.9. The Morgan fingerprint density at radius 1 is 0.977 bits per heavy atom.